The Labute approximate surface area is 147 Å². The summed E-state index contributed by atoms with van der Waals surface area (Å²) >= 11 is 0. The van der Waals surface area contributed by atoms with E-state index in [0.717, 1.165) is 17.7 Å². The van der Waals surface area contributed by atoms with Gasteiger partial charge in [0.15, 0.2) is 5.60 Å². The number of para-hydroxylation sites is 1. The van der Waals surface area contributed by atoms with Gasteiger partial charge in [-0.1, -0.05) is 78.9 Å². The highest BCUT2D eigenvalue weighted by Gasteiger charge is 2.44. The maximum absolute atomic E-state index is 13.5. The van der Waals surface area contributed by atoms with E-state index in [9.17, 15) is 9.90 Å². The molecule has 0 aliphatic carbocycles. The summed E-state index contributed by atoms with van der Waals surface area (Å²) in [5.41, 5.74) is 1.48. The molecular weight excluding hydrogens is 310 g/mol. The zero-order chi connectivity index (χ0) is 17.3. The van der Waals surface area contributed by atoms with Crippen molar-refractivity contribution in [2.45, 2.75) is 12.0 Å². The highest BCUT2D eigenvalue weighted by molar-refractivity contribution is 6.03. The van der Waals surface area contributed by atoms with Crippen LogP contribution in [0.3, 0.4) is 0 Å². The summed E-state index contributed by atoms with van der Waals surface area (Å²) in [6.45, 7) is 0.583. The quantitative estimate of drug-likeness (QED) is 0.799. The number of carbonyl (C=O) groups excluding carboxylic acids is 1. The van der Waals surface area contributed by atoms with Crippen LogP contribution in [-0.4, -0.2) is 17.6 Å². The zero-order valence-corrected chi connectivity index (χ0v) is 13.8. The van der Waals surface area contributed by atoms with Gasteiger partial charge in [-0.3, -0.25) is 4.79 Å². The molecular formula is C22H19NO2. The van der Waals surface area contributed by atoms with Crippen LogP contribution in [0.1, 0.15) is 16.7 Å². The van der Waals surface area contributed by atoms with Crippen LogP contribution in [0.5, 0.6) is 0 Å². The second-order valence-corrected chi connectivity index (χ2v) is 6.28. The minimum Gasteiger partial charge on any atom is -0.372 e. The van der Waals surface area contributed by atoms with E-state index in [4.69, 9.17) is 0 Å². The number of rotatable bonds is 3. The van der Waals surface area contributed by atoms with Crippen molar-refractivity contribution in [1.82, 2.24) is 0 Å². The van der Waals surface area contributed by atoms with E-state index in [2.05, 4.69) is 0 Å². The van der Waals surface area contributed by atoms with Crippen molar-refractivity contribution in [3.8, 4) is 0 Å². The maximum atomic E-state index is 13.5. The van der Waals surface area contributed by atoms with Crippen LogP contribution in [0.4, 0.5) is 5.69 Å². The maximum Gasteiger partial charge on any atom is 0.268 e. The summed E-state index contributed by atoms with van der Waals surface area (Å²) in [6.07, 6.45) is 0.807. The van der Waals surface area contributed by atoms with E-state index in [0.29, 0.717) is 17.7 Å². The fraction of sp³-hybridized carbons (Fsp3) is 0.136. The monoisotopic (exact) mass is 329 g/mol. The standard InChI is InChI=1S/C22H19NO2/c24-21(23-16-15-17-9-7-8-14-20(17)23)22(25,18-10-3-1-4-11-18)19-12-5-2-6-13-19/h1-14,25H,15-16H2. The lowest BCUT2D eigenvalue weighted by molar-refractivity contribution is -0.133. The number of fused-ring (bicyclic) bond motifs is 1. The first-order valence-corrected chi connectivity index (χ1v) is 8.44. The highest BCUT2D eigenvalue weighted by Crippen LogP contribution is 2.36. The number of hydrogen-bond donors (Lipinski definition) is 1. The fourth-order valence-corrected chi connectivity index (χ4v) is 3.52. The van der Waals surface area contributed by atoms with Crippen molar-refractivity contribution >= 4 is 11.6 Å². The normalized spacial score (nSPS) is 13.6. The van der Waals surface area contributed by atoms with Gasteiger partial charge in [0.2, 0.25) is 0 Å². The summed E-state index contributed by atoms with van der Waals surface area (Å²) in [7, 11) is 0. The summed E-state index contributed by atoms with van der Waals surface area (Å²) in [6, 6.07) is 26.2. The molecule has 0 saturated carbocycles. The van der Waals surface area contributed by atoms with Crippen molar-refractivity contribution in [3.05, 3.63) is 102 Å². The van der Waals surface area contributed by atoms with E-state index in [-0.39, 0.29) is 5.91 Å². The number of benzene rings is 3. The molecule has 0 unspecified atom stereocenters. The molecule has 1 amide bonds. The van der Waals surface area contributed by atoms with Crippen molar-refractivity contribution in [2.24, 2.45) is 0 Å². The first kappa shape index (κ1) is 15.6. The Balaban J connectivity index is 1.84. The number of carbonyl (C=O) groups is 1. The molecule has 3 aromatic rings. The molecule has 3 aromatic carbocycles. The van der Waals surface area contributed by atoms with Crippen LogP contribution < -0.4 is 4.90 Å². The molecule has 3 nitrogen and oxygen atoms in total. The Morgan fingerprint density at radius 2 is 1.32 bits per heavy atom. The Morgan fingerprint density at radius 3 is 1.92 bits per heavy atom. The van der Waals surface area contributed by atoms with Gasteiger partial charge in [0.1, 0.15) is 0 Å². The van der Waals surface area contributed by atoms with E-state index in [1.165, 1.54) is 0 Å². The molecule has 1 heterocycles. The van der Waals surface area contributed by atoms with Gasteiger partial charge in [0.25, 0.3) is 5.91 Å². The molecule has 1 aliphatic heterocycles. The number of aliphatic hydroxyl groups is 1. The van der Waals surface area contributed by atoms with E-state index in [1.807, 2.05) is 60.7 Å². The van der Waals surface area contributed by atoms with E-state index >= 15 is 0 Å². The molecule has 0 radical (unpaired) electrons. The second kappa shape index (κ2) is 6.19. The second-order valence-electron chi connectivity index (χ2n) is 6.28. The SMILES string of the molecule is O=C(N1CCc2ccccc21)C(O)(c1ccccc1)c1ccccc1. The molecule has 0 fully saturated rings. The molecule has 0 atom stereocenters. The minimum absolute atomic E-state index is 0.310. The van der Waals surface area contributed by atoms with Crippen molar-refractivity contribution < 1.29 is 9.90 Å². The molecule has 4 rings (SSSR count). The van der Waals surface area contributed by atoms with E-state index in [1.54, 1.807) is 29.2 Å². The summed E-state index contributed by atoms with van der Waals surface area (Å²) in [5, 5.41) is 11.6. The van der Waals surface area contributed by atoms with Gasteiger partial charge >= 0.3 is 0 Å². The van der Waals surface area contributed by atoms with Gasteiger partial charge in [-0.2, -0.15) is 0 Å². The topological polar surface area (TPSA) is 40.5 Å². The van der Waals surface area contributed by atoms with Crippen molar-refractivity contribution in [2.75, 3.05) is 11.4 Å². The third-order valence-electron chi connectivity index (χ3n) is 4.82. The van der Waals surface area contributed by atoms with Gasteiger partial charge in [-0.05, 0) is 29.2 Å². The summed E-state index contributed by atoms with van der Waals surface area (Å²) in [5.74, 6) is -0.310. The van der Waals surface area contributed by atoms with Crippen LogP contribution in [0, 0.1) is 0 Å². The van der Waals surface area contributed by atoms with E-state index < -0.39 is 5.60 Å². The Kier molecular flexibility index (Phi) is 3.86. The average Bonchev–Trinajstić information content (AvgIpc) is 3.12. The zero-order valence-electron chi connectivity index (χ0n) is 13.8. The molecule has 0 spiro atoms. The highest BCUT2D eigenvalue weighted by atomic mass is 16.3. The largest absolute Gasteiger partial charge is 0.372 e. The third-order valence-corrected chi connectivity index (χ3v) is 4.82. The number of amides is 1. The third kappa shape index (κ3) is 2.53. The van der Waals surface area contributed by atoms with Gasteiger partial charge in [-0.15, -0.1) is 0 Å². The van der Waals surface area contributed by atoms with Crippen molar-refractivity contribution in [3.63, 3.8) is 0 Å². The number of hydrogen-bond acceptors (Lipinski definition) is 2. The predicted molar refractivity (Wildman–Crippen MR) is 98.4 cm³/mol. The van der Waals surface area contributed by atoms with Gasteiger partial charge in [-0.25, -0.2) is 0 Å². The lowest BCUT2D eigenvalue weighted by atomic mass is 9.85. The smallest absolute Gasteiger partial charge is 0.268 e. The Hall–Kier alpha value is -2.91. The van der Waals surface area contributed by atoms with Gasteiger partial charge < -0.3 is 10.0 Å². The van der Waals surface area contributed by atoms with Gasteiger partial charge in [0.05, 0.1) is 0 Å². The van der Waals surface area contributed by atoms with Crippen molar-refractivity contribution in [1.29, 1.82) is 0 Å². The first-order valence-electron chi connectivity index (χ1n) is 8.44. The van der Waals surface area contributed by atoms with Crippen LogP contribution in [-0.2, 0) is 16.8 Å². The predicted octanol–water partition coefficient (Wildman–Crippen LogP) is 3.51. The molecule has 3 heteroatoms. The molecule has 1 aliphatic rings. The molecule has 1 N–H and O–H groups in total. The fourth-order valence-electron chi connectivity index (χ4n) is 3.52. The minimum atomic E-state index is -1.71. The summed E-state index contributed by atoms with van der Waals surface area (Å²) in [4.78, 5) is 15.2. The van der Waals surface area contributed by atoms with Gasteiger partial charge in [0, 0.05) is 12.2 Å². The summed E-state index contributed by atoms with van der Waals surface area (Å²) < 4.78 is 0. The lowest BCUT2D eigenvalue weighted by Gasteiger charge is -2.32. The number of nitrogens with zero attached hydrogens (tertiary/aromatic N) is 1. The van der Waals surface area contributed by atoms with Crippen LogP contribution in [0.2, 0.25) is 0 Å². The van der Waals surface area contributed by atoms with Crippen LogP contribution >= 0.6 is 0 Å². The first-order chi connectivity index (χ1) is 12.2. The molecule has 0 saturated heterocycles. The molecule has 0 aromatic heterocycles. The molecule has 0 bridgehead atoms. The Bertz CT molecular complexity index is 851. The average molecular weight is 329 g/mol. The van der Waals surface area contributed by atoms with Crippen LogP contribution in [0.15, 0.2) is 84.9 Å². The molecule has 25 heavy (non-hydrogen) atoms. The number of anilines is 1. The lowest BCUT2D eigenvalue weighted by Crippen LogP contribution is -2.47. The molecule has 124 valence electrons. The van der Waals surface area contributed by atoms with Crippen LogP contribution in [0.25, 0.3) is 0 Å². The Morgan fingerprint density at radius 1 is 0.800 bits per heavy atom.